The van der Waals surface area contributed by atoms with Gasteiger partial charge in [-0.2, -0.15) is 0 Å². The van der Waals surface area contributed by atoms with E-state index in [2.05, 4.69) is 10.5 Å². The van der Waals surface area contributed by atoms with Crippen LogP contribution in [0.3, 0.4) is 0 Å². The van der Waals surface area contributed by atoms with Crippen molar-refractivity contribution in [1.82, 2.24) is 10.5 Å². The molecule has 1 fully saturated rings. The molecule has 5 heteroatoms. The van der Waals surface area contributed by atoms with E-state index >= 15 is 0 Å². The molecule has 112 valence electrons. The van der Waals surface area contributed by atoms with Crippen molar-refractivity contribution in [3.63, 3.8) is 0 Å². The van der Waals surface area contributed by atoms with Gasteiger partial charge in [-0.25, -0.2) is 0 Å². The molecule has 0 amide bonds. The summed E-state index contributed by atoms with van der Waals surface area (Å²) in [7, 11) is 1.74. The van der Waals surface area contributed by atoms with E-state index in [1.165, 1.54) is 0 Å². The highest BCUT2D eigenvalue weighted by Gasteiger charge is 2.25. The van der Waals surface area contributed by atoms with Crippen LogP contribution in [0, 0.1) is 0 Å². The van der Waals surface area contributed by atoms with Crippen LogP contribution in [-0.2, 0) is 16.0 Å². The van der Waals surface area contributed by atoms with Gasteiger partial charge in [0.15, 0.2) is 5.76 Å². The van der Waals surface area contributed by atoms with E-state index in [1.807, 2.05) is 36.4 Å². The Balaban J connectivity index is 1.60. The molecule has 0 unspecified atom stereocenters. The van der Waals surface area contributed by atoms with E-state index in [9.17, 15) is 0 Å². The lowest BCUT2D eigenvalue weighted by Crippen LogP contribution is -2.47. The van der Waals surface area contributed by atoms with Gasteiger partial charge in [0, 0.05) is 31.9 Å². The lowest BCUT2D eigenvalue weighted by molar-refractivity contribution is -0.0375. The van der Waals surface area contributed by atoms with Crippen LogP contribution in [-0.4, -0.2) is 37.6 Å². The quantitative estimate of drug-likeness (QED) is 0.914. The second kappa shape index (κ2) is 6.85. The van der Waals surface area contributed by atoms with Gasteiger partial charge in [0.2, 0.25) is 0 Å². The summed E-state index contributed by atoms with van der Waals surface area (Å²) in [4.78, 5) is 0. The molecule has 0 aliphatic carbocycles. The Labute approximate surface area is 124 Å². The molecule has 1 aromatic heterocycles. The third-order valence-corrected chi connectivity index (χ3v) is 3.76. The Bertz CT molecular complexity index is 556. The second-order valence-corrected chi connectivity index (χ2v) is 5.17. The largest absolute Gasteiger partial charge is 0.380 e. The zero-order chi connectivity index (χ0) is 14.5. The standard InChI is InChI=1S/C16H20N2O3/c1-19-15-7-8-20-11-14(15)17-10-13-9-16(21-18-13)12-5-3-2-4-6-12/h2-6,9,14-15,17H,7-8,10-11H2,1H3/t14-,15-/m1/s1. The Morgan fingerprint density at radius 1 is 1.33 bits per heavy atom. The van der Waals surface area contributed by atoms with Gasteiger partial charge in [-0.1, -0.05) is 35.5 Å². The van der Waals surface area contributed by atoms with E-state index in [-0.39, 0.29) is 12.1 Å². The lowest BCUT2D eigenvalue weighted by Gasteiger charge is -2.30. The predicted molar refractivity (Wildman–Crippen MR) is 78.8 cm³/mol. The summed E-state index contributed by atoms with van der Waals surface area (Å²) < 4.78 is 16.4. The van der Waals surface area contributed by atoms with Crippen molar-refractivity contribution in [1.29, 1.82) is 0 Å². The number of nitrogens with zero attached hydrogens (tertiary/aromatic N) is 1. The molecule has 0 radical (unpaired) electrons. The van der Waals surface area contributed by atoms with Crippen molar-refractivity contribution >= 4 is 0 Å². The van der Waals surface area contributed by atoms with E-state index in [1.54, 1.807) is 7.11 Å². The van der Waals surface area contributed by atoms with Gasteiger partial charge in [-0.3, -0.25) is 0 Å². The van der Waals surface area contributed by atoms with Gasteiger partial charge in [0.05, 0.1) is 24.4 Å². The Morgan fingerprint density at radius 3 is 3.00 bits per heavy atom. The zero-order valence-electron chi connectivity index (χ0n) is 12.1. The summed E-state index contributed by atoms with van der Waals surface area (Å²) in [5, 5.41) is 7.54. The number of hydrogen-bond acceptors (Lipinski definition) is 5. The molecular weight excluding hydrogens is 268 g/mol. The van der Waals surface area contributed by atoms with Gasteiger partial charge in [0.25, 0.3) is 0 Å². The van der Waals surface area contributed by atoms with Gasteiger partial charge in [-0.05, 0) is 6.42 Å². The highest BCUT2D eigenvalue weighted by molar-refractivity contribution is 5.56. The second-order valence-electron chi connectivity index (χ2n) is 5.17. The maximum atomic E-state index is 5.49. The van der Waals surface area contributed by atoms with Crippen LogP contribution in [0.15, 0.2) is 40.9 Å². The molecular formula is C16H20N2O3. The van der Waals surface area contributed by atoms with Crippen molar-refractivity contribution in [2.24, 2.45) is 0 Å². The summed E-state index contributed by atoms with van der Waals surface area (Å²) in [6, 6.07) is 12.1. The molecule has 2 heterocycles. The molecule has 0 saturated carbocycles. The molecule has 1 aliphatic rings. The summed E-state index contributed by atoms with van der Waals surface area (Å²) in [5.74, 6) is 0.788. The molecule has 1 aliphatic heterocycles. The fourth-order valence-electron chi connectivity index (χ4n) is 2.56. The Morgan fingerprint density at radius 2 is 2.19 bits per heavy atom. The third-order valence-electron chi connectivity index (χ3n) is 3.76. The number of ether oxygens (including phenoxy) is 2. The molecule has 21 heavy (non-hydrogen) atoms. The minimum Gasteiger partial charge on any atom is -0.380 e. The van der Waals surface area contributed by atoms with Crippen LogP contribution in [0.4, 0.5) is 0 Å². The number of methoxy groups -OCH3 is 1. The Kier molecular flexibility index (Phi) is 4.65. The van der Waals surface area contributed by atoms with Crippen molar-refractivity contribution in [2.75, 3.05) is 20.3 Å². The normalized spacial score (nSPS) is 22.3. The zero-order valence-corrected chi connectivity index (χ0v) is 12.1. The van der Waals surface area contributed by atoms with E-state index in [0.717, 1.165) is 30.0 Å². The number of hydrogen-bond donors (Lipinski definition) is 1. The van der Waals surface area contributed by atoms with E-state index in [0.29, 0.717) is 13.2 Å². The van der Waals surface area contributed by atoms with Crippen molar-refractivity contribution in [3.8, 4) is 11.3 Å². The highest BCUT2D eigenvalue weighted by Crippen LogP contribution is 2.20. The summed E-state index contributed by atoms with van der Waals surface area (Å²) in [6.07, 6.45) is 1.11. The smallest absolute Gasteiger partial charge is 0.167 e. The highest BCUT2D eigenvalue weighted by atomic mass is 16.5. The van der Waals surface area contributed by atoms with E-state index < -0.39 is 0 Å². The molecule has 0 bridgehead atoms. The first-order chi connectivity index (χ1) is 10.4. The molecule has 3 rings (SSSR count). The van der Waals surface area contributed by atoms with Crippen molar-refractivity contribution in [3.05, 3.63) is 42.1 Å². The molecule has 5 nitrogen and oxygen atoms in total. The van der Waals surface area contributed by atoms with Crippen molar-refractivity contribution < 1.29 is 14.0 Å². The van der Waals surface area contributed by atoms with Gasteiger partial charge in [0.1, 0.15) is 0 Å². The van der Waals surface area contributed by atoms with Gasteiger partial charge >= 0.3 is 0 Å². The predicted octanol–water partition coefficient (Wildman–Crippen LogP) is 2.24. The SMILES string of the molecule is CO[C@@H]1CCOC[C@H]1NCc1cc(-c2ccccc2)on1. The van der Waals surface area contributed by atoms with Crippen LogP contribution in [0.2, 0.25) is 0 Å². The molecule has 1 N–H and O–H groups in total. The average molecular weight is 288 g/mol. The molecule has 2 atom stereocenters. The van der Waals surface area contributed by atoms with Crippen molar-refractivity contribution in [2.45, 2.75) is 25.1 Å². The van der Waals surface area contributed by atoms with E-state index in [4.69, 9.17) is 14.0 Å². The maximum absolute atomic E-state index is 5.49. The van der Waals surface area contributed by atoms with Gasteiger partial charge in [-0.15, -0.1) is 0 Å². The number of benzene rings is 1. The number of aromatic nitrogens is 1. The van der Waals surface area contributed by atoms with Crippen LogP contribution >= 0.6 is 0 Å². The lowest BCUT2D eigenvalue weighted by atomic mass is 10.1. The molecule has 1 saturated heterocycles. The van der Waals surface area contributed by atoms with Crippen LogP contribution in [0.1, 0.15) is 12.1 Å². The Hall–Kier alpha value is -1.69. The summed E-state index contributed by atoms with van der Waals surface area (Å²) >= 11 is 0. The maximum Gasteiger partial charge on any atom is 0.167 e. The third kappa shape index (κ3) is 3.50. The van der Waals surface area contributed by atoms with Crippen LogP contribution in [0.5, 0.6) is 0 Å². The molecule has 1 aromatic carbocycles. The fourth-order valence-corrected chi connectivity index (χ4v) is 2.56. The van der Waals surface area contributed by atoms with Crippen LogP contribution < -0.4 is 5.32 Å². The monoisotopic (exact) mass is 288 g/mol. The van der Waals surface area contributed by atoms with Gasteiger partial charge < -0.3 is 19.3 Å². The summed E-state index contributed by atoms with van der Waals surface area (Å²) in [6.45, 7) is 2.07. The number of rotatable bonds is 5. The first-order valence-electron chi connectivity index (χ1n) is 7.22. The first-order valence-corrected chi connectivity index (χ1v) is 7.22. The topological polar surface area (TPSA) is 56.5 Å². The summed E-state index contributed by atoms with van der Waals surface area (Å²) in [5.41, 5.74) is 1.92. The molecule has 0 spiro atoms. The number of nitrogens with one attached hydrogen (secondary N) is 1. The minimum atomic E-state index is 0.194. The average Bonchev–Trinajstić information content (AvgIpc) is 3.03. The first kappa shape index (κ1) is 14.3. The molecule has 2 aromatic rings. The minimum absolute atomic E-state index is 0.194. The van der Waals surface area contributed by atoms with Crippen LogP contribution in [0.25, 0.3) is 11.3 Å². The fraction of sp³-hybridized carbons (Fsp3) is 0.438.